The van der Waals surface area contributed by atoms with E-state index in [4.69, 9.17) is 0 Å². The number of para-hydroxylation sites is 2. The number of aromatic nitrogens is 2. The van der Waals surface area contributed by atoms with E-state index in [0.717, 1.165) is 11.0 Å². The average molecular weight is 356 g/mol. The number of amides is 2. The van der Waals surface area contributed by atoms with Crippen LogP contribution in [0.15, 0.2) is 41.8 Å². The van der Waals surface area contributed by atoms with Gasteiger partial charge in [-0.15, -0.1) is 11.3 Å². The summed E-state index contributed by atoms with van der Waals surface area (Å²) in [6, 6.07) is 10.5. The molecule has 3 rings (SSSR count). The average Bonchev–Trinajstić information content (AvgIpc) is 3.22. The molecule has 3 N–H and O–H groups in total. The van der Waals surface area contributed by atoms with Crippen molar-refractivity contribution in [2.75, 3.05) is 5.32 Å². The zero-order valence-electron chi connectivity index (χ0n) is 14.1. The third kappa shape index (κ3) is 4.24. The van der Waals surface area contributed by atoms with Gasteiger partial charge in [0.2, 0.25) is 11.9 Å². The lowest BCUT2D eigenvalue weighted by Gasteiger charge is -2.19. The summed E-state index contributed by atoms with van der Waals surface area (Å²) in [5.41, 5.74) is 1.63. The molecule has 130 valence electrons. The summed E-state index contributed by atoms with van der Waals surface area (Å²) < 4.78 is 0. The monoisotopic (exact) mass is 356 g/mol. The molecule has 6 nitrogen and oxygen atoms in total. The lowest BCUT2D eigenvalue weighted by molar-refractivity contribution is -0.118. The molecule has 0 spiro atoms. The molecule has 3 aromatic rings. The minimum Gasteiger partial charge on any atom is -0.340 e. The number of benzene rings is 1. The number of nitrogens with zero attached hydrogens (tertiary/aromatic N) is 1. The molecule has 0 saturated heterocycles. The van der Waals surface area contributed by atoms with E-state index in [2.05, 4.69) is 20.6 Å². The molecule has 2 aromatic heterocycles. The Morgan fingerprint density at radius 1 is 1.20 bits per heavy atom. The molecular formula is C18H20N4O2S. The van der Waals surface area contributed by atoms with Crippen molar-refractivity contribution in [3.05, 3.63) is 46.7 Å². The van der Waals surface area contributed by atoms with Crippen LogP contribution in [0.4, 0.5) is 5.95 Å². The van der Waals surface area contributed by atoms with Crippen LogP contribution < -0.4 is 10.6 Å². The second-order valence-electron chi connectivity index (χ2n) is 6.22. The summed E-state index contributed by atoms with van der Waals surface area (Å²) in [6.45, 7) is 4.03. The normalized spacial score (nSPS) is 12.3. The molecule has 0 saturated carbocycles. The Bertz CT molecular complexity index is 837. The van der Waals surface area contributed by atoms with Crippen LogP contribution in [0.1, 0.15) is 29.9 Å². The molecule has 0 aliphatic rings. The van der Waals surface area contributed by atoms with Crippen LogP contribution in [0.2, 0.25) is 0 Å². The van der Waals surface area contributed by atoms with Crippen LogP contribution in [-0.2, 0) is 4.79 Å². The first kappa shape index (κ1) is 17.2. The molecule has 7 heteroatoms. The number of carbonyl (C=O) groups is 2. The Kier molecular flexibility index (Phi) is 5.14. The fourth-order valence-electron chi connectivity index (χ4n) is 2.56. The largest absolute Gasteiger partial charge is 0.340 e. The van der Waals surface area contributed by atoms with Crippen molar-refractivity contribution in [1.82, 2.24) is 15.3 Å². The van der Waals surface area contributed by atoms with Crippen molar-refractivity contribution in [1.29, 1.82) is 0 Å². The molecule has 0 aliphatic carbocycles. The van der Waals surface area contributed by atoms with Gasteiger partial charge in [0.05, 0.1) is 15.9 Å². The maximum Gasteiger partial charge on any atom is 0.261 e. The van der Waals surface area contributed by atoms with Crippen LogP contribution in [-0.4, -0.2) is 27.8 Å². The zero-order valence-corrected chi connectivity index (χ0v) is 14.9. The van der Waals surface area contributed by atoms with Gasteiger partial charge in [0.15, 0.2) is 0 Å². The second-order valence-corrected chi connectivity index (χ2v) is 7.17. The van der Waals surface area contributed by atoms with E-state index in [1.54, 1.807) is 6.07 Å². The van der Waals surface area contributed by atoms with Crippen molar-refractivity contribution >= 4 is 40.1 Å². The highest BCUT2D eigenvalue weighted by Crippen LogP contribution is 2.15. The SMILES string of the molecule is CC(C)C[C@@H](NC(=O)c1cccs1)C(=O)Nc1nc2ccccc2[nH]1. The van der Waals surface area contributed by atoms with Gasteiger partial charge >= 0.3 is 0 Å². The highest BCUT2D eigenvalue weighted by atomic mass is 32.1. The van der Waals surface area contributed by atoms with Crippen molar-refractivity contribution < 1.29 is 9.59 Å². The molecule has 0 aliphatic heterocycles. The Balaban J connectivity index is 1.73. The van der Waals surface area contributed by atoms with Gasteiger partial charge in [-0.3, -0.25) is 14.9 Å². The summed E-state index contributed by atoms with van der Waals surface area (Å²) in [4.78, 5) is 32.9. The van der Waals surface area contributed by atoms with E-state index < -0.39 is 6.04 Å². The van der Waals surface area contributed by atoms with Gasteiger partial charge in [-0.25, -0.2) is 4.98 Å². The molecule has 0 unspecified atom stereocenters. The van der Waals surface area contributed by atoms with E-state index in [9.17, 15) is 9.59 Å². The lowest BCUT2D eigenvalue weighted by atomic mass is 10.0. The molecule has 1 aromatic carbocycles. The first-order valence-electron chi connectivity index (χ1n) is 8.13. The van der Waals surface area contributed by atoms with E-state index in [1.165, 1.54) is 11.3 Å². The third-order valence-electron chi connectivity index (χ3n) is 3.70. The number of rotatable bonds is 6. The number of imidazole rings is 1. The van der Waals surface area contributed by atoms with Gasteiger partial charge in [-0.1, -0.05) is 32.0 Å². The Hall–Kier alpha value is -2.67. The maximum absolute atomic E-state index is 12.6. The molecule has 0 bridgehead atoms. The van der Waals surface area contributed by atoms with Crippen molar-refractivity contribution in [3.63, 3.8) is 0 Å². The van der Waals surface area contributed by atoms with Gasteiger partial charge in [0.25, 0.3) is 5.91 Å². The molecule has 1 atom stereocenters. The predicted octanol–water partition coefficient (Wildman–Crippen LogP) is 3.41. The molecule has 0 fully saturated rings. The van der Waals surface area contributed by atoms with Crippen LogP contribution in [0.25, 0.3) is 11.0 Å². The van der Waals surface area contributed by atoms with E-state index in [0.29, 0.717) is 17.2 Å². The fraction of sp³-hybridized carbons (Fsp3) is 0.278. The van der Waals surface area contributed by atoms with E-state index in [-0.39, 0.29) is 17.7 Å². The summed E-state index contributed by atoms with van der Waals surface area (Å²) in [5, 5.41) is 7.43. The van der Waals surface area contributed by atoms with Gasteiger partial charge in [-0.05, 0) is 35.9 Å². The Labute approximate surface area is 149 Å². The zero-order chi connectivity index (χ0) is 17.8. The molecule has 25 heavy (non-hydrogen) atoms. The highest BCUT2D eigenvalue weighted by molar-refractivity contribution is 7.12. The quantitative estimate of drug-likeness (QED) is 0.632. The molecule has 2 heterocycles. The number of aromatic amines is 1. The van der Waals surface area contributed by atoms with Gasteiger partial charge in [0.1, 0.15) is 6.04 Å². The van der Waals surface area contributed by atoms with Crippen LogP contribution in [0, 0.1) is 5.92 Å². The fourth-order valence-corrected chi connectivity index (χ4v) is 3.18. The molecule has 2 amide bonds. The summed E-state index contributed by atoms with van der Waals surface area (Å²) in [5.74, 6) is 0.124. The Morgan fingerprint density at radius 3 is 2.68 bits per heavy atom. The Morgan fingerprint density at radius 2 is 2.00 bits per heavy atom. The van der Waals surface area contributed by atoms with E-state index >= 15 is 0 Å². The van der Waals surface area contributed by atoms with Crippen molar-refractivity contribution in [3.8, 4) is 0 Å². The minimum atomic E-state index is -0.622. The maximum atomic E-state index is 12.6. The van der Waals surface area contributed by atoms with Gasteiger partial charge in [0, 0.05) is 0 Å². The van der Waals surface area contributed by atoms with Crippen molar-refractivity contribution in [2.24, 2.45) is 5.92 Å². The first-order chi connectivity index (χ1) is 12.0. The second kappa shape index (κ2) is 7.48. The summed E-state index contributed by atoms with van der Waals surface area (Å²) in [6.07, 6.45) is 0.545. The number of nitrogens with one attached hydrogen (secondary N) is 3. The van der Waals surface area contributed by atoms with Crippen molar-refractivity contribution in [2.45, 2.75) is 26.3 Å². The standard InChI is InChI=1S/C18H20N4O2S/c1-11(2)10-14(19-17(24)15-8-5-9-25-15)16(23)22-18-20-12-6-3-4-7-13(12)21-18/h3-9,11,14H,10H2,1-2H3,(H,19,24)(H2,20,21,22,23)/t14-/m1/s1. The summed E-state index contributed by atoms with van der Waals surface area (Å²) in [7, 11) is 0. The van der Waals surface area contributed by atoms with Crippen LogP contribution >= 0.6 is 11.3 Å². The number of carbonyl (C=O) groups excluding carboxylic acids is 2. The number of hydrogen-bond donors (Lipinski definition) is 3. The minimum absolute atomic E-state index is 0.236. The molecular weight excluding hydrogens is 336 g/mol. The first-order valence-corrected chi connectivity index (χ1v) is 9.01. The summed E-state index contributed by atoms with van der Waals surface area (Å²) >= 11 is 1.35. The van der Waals surface area contributed by atoms with Gasteiger partial charge in [-0.2, -0.15) is 0 Å². The topological polar surface area (TPSA) is 86.9 Å². The lowest BCUT2D eigenvalue weighted by Crippen LogP contribution is -2.44. The number of anilines is 1. The number of H-pyrrole nitrogens is 1. The number of fused-ring (bicyclic) bond motifs is 1. The third-order valence-corrected chi connectivity index (χ3v) is 4.57. The number of hydrogen-bond acceptors (Lipinski definition) is 4. The van der Waals surface area contributed by atoms with Crippen LogP contribution in [0.3, 0.4) is 0 Å². The predicted molar refractivity (Wildman–Crippen MR) is 99.8 cm³/mol. The highest BCUT2D eigenvalue weighted by Gasteiger charge is 2.23. The number of thiophene rings is 1. The molecule has 0 radical (unpaired) electrons. The smallest absolute Gasteiger partial charge is 0.261 e. The van der Waals surface area contributed by atoms with Crippen LogP contribution in [0.5, 0.6) is 0 Å². The van der Waals surface area contributed by atoms with E-state index in [1.807, 2.05) is 49.6 Å². The van der Waals surface area contributed by atoms with Gasteiger partial charge < -0.3 is 10.3 Å².